The summed E-state index contributed by atoms with van der Waals surface area (Å²) in [7, 11) is -3.95. The summed E-state index contributed by atoms with van der Waals surface area (Å²) in [5.74, 6) is -1.93. The van der Waals surface area contributed by atoms with E-state index in [-0.39, 0.29) is 29.4 Å². The van der Waals surface area contributed by atoms with Gasteiger partial charge in [0.1, 0.15) is 11.3 Å². The third-order valence-electron chi connectivity index (χ3n) is 2.83. The minimum absolute atomic E-state index is 0.0312. The van der Waals surface area contributed by atoms with Crippen LogP contribution in [0, 0.1) is 0 Å². The molecule has 0 N–H and O–H groups in total. The minimum atomic E-state index is -3.95. The Hall–Kier alpha value is -2.35. The minimum Gasteiger partial charge on any atom is -0.613 e. The van der Waals surface area contributed by atoms with Crippen LogP contribution in [0.4, 0.5) is 0 Å². The molecule has 7 nitrogen and oxygen atoms in total. The van der Waals surface area contributed by atoms with Crippen LogP contribution in [0.3, 0.4) is 0 Å². The number of fused-ring (bicyclic) bond motifs is 1. The summed E-state index contributed by atoms with van der Waals surface area (Å²) >= 11 is 0. The van der Waals surface area contributed by atoms with Gasteiger partial charge in [0.15, 0.2) is 0 Å². The van der Waals surface area contributed by atoms with Crippen molar-refractivity contribution in [2.45, 2.75) is 18.7 Å². The third kappa shape index (κ3) is 2.82. The second-order valence-corrected chi connectivity index (χ2v) is 5.80. The predicted octanol–water partition coefficient (Wildman–Crippen LogP) is 0.349. The van der Waals surface area contributed by atoms with Crippen molar-refractivity contribution in [3.05, 3.63) is 41.3 Å². The fourth-order valence-electron chi connectivity index (χ4n) is 1.97. The first-order chi connectivity index (χ1) is 10.4. The highest BCUT2D eigenvalue weighted by atomic mass is 32.2. The summed E-state index contributed by atoms with van der Waals surface area (Å²) in [5, 5.41) is 12.0. The summed E-state index contributed by atoms with van der Waals surface area (Å²) in [6.45, 7) is 3.20. The summed E-state index contributed by atoms with van der Waals surface area (Å²) < 4.78 is 37.2. The van der Waals surface area contributed by atoms with E-state index in [2.05, 4.69) is 4.40 Å². The van der Waals surface area contributed by atoms with Crippen molar-refractivity contribution in [1.29, 1.82) is 0 Å². The highest BCUT2D eigenvalue weighted by molar-refractivity contribution is 7.90. The number of carbonyl (C=O) groups is 1. The Morgan fingerprint density at radius 2 is 1.82 bits per heavy atom. The van der Waals surface area contributed by atoms with Crippen LogP contribution in [0.5, 0.6) is 0 Å². The molecular formula is C14H14NO6S-. The molecule has 0 saturated carbocycles. The number of benzene rings is 1. The van der Waals surface area contributed by atoms with Gasteiger partial charge in [-0.2, -0.15) is 12.8 Å². The van der Waals surface area contributed by atoms with Gasteiger partial charge in [0, 0.05) is 5.56 Å². The van der Waals surface area contributed by atoms with E-state index >= 15 is 0 Å². The van der Waals surface area contributed by atoms with E-state index in [1.54, 1.807) is 19.9 Å². The molecule has 1 aromatic rings. The van der Waals surface area contributed by atoms with Gasteiger partial charge in [-0.3, -0.25) is 0 Å². The molecule has 0 saturated heterocycles. The quantitative estimate of drug-likeness (QED) is 0.439. The lowest BCUT2D eigenvalue weighted by Gasteiger charge is -2.18. The molecule has 22 heavy (non-hydrogen) atoms. The van der Waals surface area contributed by atoms with Gasteiger partial charge < -0.3 is 14.6 Å². The van der Waals surface area contributed by atoms with Gasteiger partial charge in [-0.05, 0) is 19.6 Å². The Bertz CT molecular complexity index is 763. The highest BCUT2D eigenvalue weighted by Gasteiger charge is 2.34. The molecule has 0 aromatic heterocycles. The molecule has 0 fully saturated rings. The second-order valence-electron chi connectivity index (χ2n) is 4.23. The lowest BCUT2D eigenvalue weighted by molar-refractivity contribution is -0.357. The lowest BCUT2D eigenvalue weighted by atomic mass is 10.0. The molecule has 0 spiro atoms. The Morgan fingerprint density at radius 3 is 2.45 bits per heavy atom. The van der Waals surface area contributed by atoms with Gasteiger partial charge >= 0.3 is 5.97 Å². The third-order valence-corrected chi connectivity index (χ3v) is 4.16. The molecule has 1 heterocycles. The molecule has 0 aliphatic carbocycles. The van der Waals surface area contributed by atoms with Crippen molar-refractivity contribution in [2.75, 3.05) is 13.2 Å². The number of ether oxygens (including phenoxy) is 2. The van der Waals surface area contributed by atoms with Crippen LogP contribution in [-0.2, 0) is 24.3 Å². The van der Waals surface area contributed by atoms with E-state index in [0.29, 0.717) is 0 Å². The Kier molecular flexibility index (Phi) is 4.51. The van der Waals surface area contributed by atoms with Gasteiger partial charge in [-0.15, -0.1) is 0 Å². The van der Waals surface area contributed by atoms with Crippen molar-refractivity contribution >= 4 is 21.7 Å². The van der Waals surface area contributed by atoms with E-state index in [0.717, 1.165) is 0 Å². The topological polar surface area (TPSA) is 105 Å². The molecule has 1 aliphatic heterocycles. The van der Waals surface area contributed by atoms with E-state index in [9.17, 15) is 18.3 Å². The van der Waals surface area contributed by atoms with Crippen molar-refractivity contribution in [1.82, 2.24) is 0 Å². The monoisotopic (exact) mass is 324 g/mol. The molecule has 0 radical (unpaired) electrons. The molecule has 0 unspecified atom stereocenters. The average Bonchev–Trinajstić information content (AvgIpc) is 2.72. The molecule has 1 aromatic carbocycles. The van der Waals surface area contributed by atoms with E-state index in [4.69, 9.17) is 9.47 Å². The normalized spacial score (nSPS) is 16.4. The smallest absolute Gasteiger partial charge is 0.342 e. The molecule has 0 atom stereocenters. The molecule has 1 aliphatic rings. The maximum absolute atomic E-state index is 12.0. The maximum atomic E-state index is 12.0. The molecular weight excluding hydrogens is 310 g/mol. The predicted molar refractivity (Wildman–Crippen MR) is 75.4 cm³/mol. The molecule has 0 bridgehead atoms. The van der Waals surface area contributed by atoms with Crippen LogP contribution in [0.2, 0.25) is 0 Å². The first kappa shape index (κ1) is 16.0. The van der Waals surface area contributed by atoms with Gasteiger partial charge in [-0.25, -0.2) is 4.79 Å². The van der Waals surface area contributed by atoms with Crippen LogP contribution < -0.4 is 5.11 Å². The van der Waals surface area contributed by atoms with E-state index in [1.807, 2.05) is 0 Å². The number of carbonyl (C=O) groups excluding carboxylic acids is 1. The van der Waals surface area contributed by atoms with Crippen LogP contribution >= 0.6 is 0 Å². The zero-order valence-corrected chi connectivity index (χ0v) is 12.8. The van der Waals surface area contributed by atoms with Gasteiger partial charge in [-0.1, -0.05) is 25.1 Å². The summed E-state index contributed by atoms with van der Waals surface area (Å²) in [6.07, 6.45) is 0. The molecule has 118 valence electrons. The number of rotatable bonds is 5. The summed E-state index contributed by atoms with van der Waals surface area (Å²) in [4.78, 5) is 12.0. The Morgan fingerprint density at radius 1 is 1.18 bits per heavy atom. The summed E-state index contributed by atoms with van der Waals surface area (Å²) in [5.41, 5.74) is -0.580. The van der Waals surface area contributed by atoms with Gasteiger partial charge in [0.2, 0.25) is 0 Å². The van der Waals surface area contributed by atoms with Crippen LogP contribution in [0.1, 0.15) is 19.4 Å². The SMILES string of the molecule is CCOC(=O)/C(C1=NS(=O)(=O)c2ccccc21)=C(/[O-])OCC. The Labute approximate surface area is 127 Å². The number of sulfonamides is 1. The molecule has 2 rings (SSSR count). The van der Waals surface area contributed by atoms with Gasteiger partial charge in [0.25, 0.3) is 10.0 Å². The largest absolute Gasteiger partial charge is 0.613 e. The van der Waals surface area contributed by atoms with Gasteiger partial charge in [0.05, 0.1) is 17.4 Å². The number of hydrogen-bond acceptors (Lipinski definition) is 6. The highest BCUT2D eigenvalue weighted by Crippen LogP contribution is 2.29. The van der Waals surface area contributed by atoms with Crippen molar-refractivity contribution in [3.63, 3.8) is 0 Å². The standard InChI is InChI=1S/C14H15NO6S/c1-3-20-13(16)11(14(17)21-4-2)12-9-7-5-6-8-10(9)22(18,19)15-12/h5-8,16H,3-4H2,1-2H3/p-1/b13-11-. The average molecular weight is 324 g/mol. The van der Waals surface area contributed by atoms with Crippen LogP contribution in [0.15, 0.2) is 45.1 Å². The summed E-state index contributed by atoms with van der Waals surface area (Å²) in [6, 6.07) is 5.94. The first-order valence-electron chi connectivity index (χ1n) is 6.58. The van der Waals surface area contributed by atoms with Crippen LogP contribution in [0.25, 0.3) is 0 Å². The number of nitrogens with zero attached hydrogens (tertiary/aromatic N) is 1. The zero-order valence-electron chi connectivity index (χ0n) is 12.0. The van der Waals surface area contributed by atoms with Crippen molar-refractivity contribution in [2.24, 2.45) is 4.40 Å². The van der Waals surface area contributed by atoms with E-state index in [1.165, 1.54) is 18.2 Å². The lowest BCUT2D eigenvalue weighted by Crippen LogP contribution is -2.24. The number of esters is 1. The van der Waals surface area contributed by atoms with Crippen molar-refractivity contribution in [3.8, 4) is 0 Å². The maximum Gasteiger partial charge on any atom is 0.342 e. The fraction of sp³-hybridized carbons (Fsp3) is 0.286. The van der Waals surface area contributed by atoms with Crippen LogP contribution in [-0.4, -0.2) is 33.3 Å². The fourth-order valence-corrected chi connectivity index (χ4v) is 3.19. The zero-order chi connectivity index (χ0) is 16.3. The molecule has 8 heteroatoms. The van der Waals surface area contributed by atoms with Crippen molar-refractivity contribution < 1.29 is 27.8 Å². The first-order valence-corrected chi connectivity index (χ1v) is 8.02. The second kappa shape index (κ2) is 6.18. The number of hydrogen-bond donors (Lipinski definition) is 0. The van der Waals surface area contributed by atoms with E-state index < -0.39 is 27.5 Å². The Balaban J connectivity index is 2.64. The molecule has 0 amide bonds.